The Bertz CT molecular complexity index is 397. The molecule has 1 saturated carbocycles. The van der Waals surface area contributed by atoms with Gasteiger partial charge in [0.2, 0.25) is 0 Å². The van der Waals surface area contributed by atoms with Crippen molar-refractivity contribution < 1.29 is 0 Å². The summed E-state index contributed by atoms with van der Waals surface area (Å²) in [6, 6.07) is 6.45. The molecule has 1 heterocycles. The molecule has 1 aliphatic rings. The monoisotopic (exact) mass is 232 g/mol. The van der Waals surface area contributed by atoms with Crippen molar-refractivity contribution in [1.29, 1.82) is 0 Å². The zero-order chi connectivity index (χ0) is 12.3. The van der Waals surface area contributed by atoms with E-state index in [0.717, 1.165) is 11.7 Å². The highest BCUT2D eigenvalue weighted by atomic mass is 15.2. The maximum absolute atomic E-state index is 4.26. The van der Waals surface area contributed by atoms with Crippen LogP contribution in [0.15, 0.2) is 29.4 Å². The predicted molar refractivity (Wildman–Crippen MR) is 69.8 cm³/mol. The summed E-state index contributed by atoms with van der Waals surface area (Å²) in [4.78, 5) is 8.48. The summed E-state index contributed by atoms with van der Waals surface area (Å²) in [5.74, 6) is 0.853. The maximum atomic E-state index is 4.26. The van der Waals surface area contributed by atoms with Crippen molar-refractivity contribution in [2.45, 2.75) is 32.9 Å². The van der Waals surface area contributed by atoms with Gasteiger partial charge < -0.3 is 10.6 Å². The first kappa shape index (κ1) is 11.9. The summed E-state index contributed by atoms with van der Waals surface area (Å²) in [6.07, 6.45) is 3.01. The first-order valence-corrected chi connectivity index (χ1v) is 5.99. The van der Waals surface area contributed by atoms with Crippen molar-refractivity contribution in [1.82, 2.24) is 15.6 Å². The molecule has 17 heavy (non-hydrogen) atoms. The van der Waals surface area contributed by atoms with Crippen LogP contribution >= 0.6 is 0 Å². The van der Waals surface area contributed by atoms with Gasteiger partial charge in [0.25, 0.3) is 0 Å². The van der Waals surface area contributed by atoms with E-state index in [0.29, 0.717) is 18.0 Å². The highest BCUT2D eigenvalue weighted by molar-refractivity contribution is 5.80. The Kier molecular flexibility index (Phi) is 3.31. The summed E-state index contributed by atoms with van der Waals surface area (Å²) in [7, 11) is 1.79. The van der Waals surface area contributed by atoms with Gasteiger partial charge in [-0.1, -0.05) is 19.9 Å². The number of hydrogen-bond donors (Lipinski definition) is 2. The van der Waals surface area contributed by atoms with Gasteiger partial charge in [0.15, 0.2) is 5.96 Å². The van der Waals surface area contributed by atoms with E-state index in [9.17, 15) is 0 Å². The Morgan fingerprint density at radius 2 is 2.29 bits per heavy atom. The first-order chi connectivity index (χ1) is 8.12. The molecule has 0 bridgehead atoms. The van der Waals surface area contributed by atoms with Crippen LogP contribution in [0.3, 0.4) is 0 Å². The fraction of sp³-hybridized carbons (Fsp3) is 0.538. The Morgan fingerprint density at radius 3 is 2.82 bits per heavy atom. The highest BCUT2D eigenvalue weighted by Crippen LogP contribution is 2.44. The summed E-state index contributed by atoms with van der Waals surface area (Å²) >= 11 is 0. The number of guanidine groups is 1. The van der Waals surface area contributed by atoms with Crippen molar-refractivity contribution in [3.63, 3.8) is 0 Å². The van der Waals surface area contributed by atoms with Crippen LogP contribution in [0.4, 0.5) is 0 Å². The normalized spacial score (nSPS) is 22.1. The lowest BCUT2D eigenvalue weighted by molar-refractivity contribution is 0.589. The Labute approximate surface area is 103 Å². The maximum Gasteiger partial charge on any atom is 0.191 e. The molecular weight excluding hydrogens is 212 g/mol. The molecule has 1 aromatic rings. The number of aromatic nitrogens is 1. The molecule has 92 valence electrons. The summed E-state index contributed by atoms with van der Waals surface area (Å²) in [6.45, 7) is 5.22. The van der Waals surface area contributed by atoms with Crippen molar-refractivity contribution in [2.24, 2.45) is 10.4 Å². The molecule has 1 aliphatic carbocycles. The number of nitrogens with one attached hydrogen (secondary N) is 2. The lowest BCUT2D eigenvalue weighted by Gasteiger charge is -2.12. The fourth-order valence-corrected chi connectivity index (χ4v) is 1.75. The number of rotatable bonds is 3. The van der Waals surface area contributed by atoms with E-state index in [4.69, 9.17) is 0 Å². The van der Waals surface area contributed by atoms with Crippen molar-refractivity contribution in [2.75, 3.05) is 7.05 Å². The van der Waals surface area contributed by atoms with E-state index in [1.54, 1.807) is 13.2 Å². The number of pyridine rings is 1. The van der Waals surface area contributed by atoms with Gasteiger partial charge in [0.05, 0.1) is 12.2 Å². The molecule has 0 amide bonds. The smallest absolute Gasteiger partial charge is 0.191 e. The van der Waals surface area contributed by atoms with Gasteiger partial charge in [-0.15, -0.1) is 0 Å². The van der Waals surface area contributed by atoms with Crippen LogP contribution in [0.25, 0.3) is 0 Å². The van der Waals surface area contributed by atoms with Gasteiger partial charge in [0, 0.05) is 19.3 Å². The minimum atomic E-state index is 0.405. The molecule has 1 aromatic heterocycles. The van der Waals surface area contributed by atoms with Crippen molar-refractivity contribution in [3.8, 4) is 0 Å². The van der Waals surface area contributed by atoms with Crippen LogP contribution in [0.2, 0.25) is 0 Å². The molecule has 0 spiro atoms. The second-order valence-electron chi connectivity index (χ2n) is 5.14. The highest BCUT2D eigenvalue weighted by Gasteiger charge is 2.46. The van der Waals surface area contributed by atoms with E-state index in [1.165, 1.54) is 6.42 Å². The Hall–Kier alpha value is -1.58. The fourth-order valence-electron chi connectivity index (χ4n) is 1.75. The van der Waals surface area contributed by atoms with Crippen LogP contribution in [0, 0.1) is 5.41 Å². The number of nitrogens with zero attached hydrogens (tertiary/aromatic N) is 2. The molecule has 0 aromatic carbocycles. The van der Waals surface area contributed by atoms with Crippen LogP contribution < -0.4 is 10.6 Å². The second-order valence-corrected chi connectivity index (χ2v) is 5.14. The Morgan fingerprint density at radius 1 is 1.53 bits per heavy atom. The summed E-state index contributed by atoms with van der Waals surface area (Å²) < 4.78 is 0. The standard InChI is InChI=1S/C13H20N4/c1-13(2)8-11(13)17-12(14-3)16-9-10-6-4-5-7-15-10/h4-7,11H,8-9H2,1-3H3,(H2,14,16,17). The third-order valence-corrected chi connectivity index (χ3v) is 3.21. The average molecular weight is 232 g/mol. The quantitative estimate of drug-likeness (QED) is 0.614. The molecule has 4 nitrogen and oxygen atoms in total. The molecule has 0 saturated heterocycles. The molecule has 0 radical (unpaired) electrons. The van der Waals surface area contributed by atoms with E-state index in [-0.39, 0.29) is 0 Å². The van der Waals surface area contributed by atoms with Crippen molar-refractivity contribution >= 4 is 5.96 Å². The zero-order valence-electron chi connectivity index (χ0n) is 10.7. The van der Waals surface area contributed by atoms with E-state index >= 15 is 0 Å². The van der Waals surface area contributed by atoms with Crippen LogP contribution in [-0.4, -0.2) is 24.0 Å². The molecule has 2 rings (SSSR count). The van der Waals surface area contributed by atoms with Gasteiger partial charge in [-0.3, -0.25) is 9.98 Å². The van der Waals surface area contributed by atoms with Gasteiger partial charge >= 0.3 is 0 Å². The third kappa shape index (κ3) is 3.19. The first-order valence-electron chi connectivity index (χ1n) is 5.99. The van der Waals surface area contributed by atoms with Crippen LogP contribution in [0.5, 0.6) is 0 Å². The number of aliphatic imine (C=N–C) groups is 1. The number of hydrogen-bond acceptors (Lipinski definition) is 2. The molecule has 0 aliphatic heterocycles. The van der Waals surface area contributed by atoms with E-state index in [1.807, 2.05) is 18.2 Å². The lowest BCUT2D eigenvalue weighted by atomic mass is 10.2. The predicted octanol–water partition coefficient (Wildman–Crippen LogP) is 1.55. The Balaban J connectivity index is 1.81. The second kappa shape index (κ2) is 4.73. The van der Waals surface area contributed by atoms with Gasteiger partial charge in [0.1, 0.15) is 0 Å². The van der Waals surface area contributed by atoms with Gasteiger partial charge in [-0.2, -0.15) is 0 Å². The van der Waals surface area contributed by atoms with E-state index < -0.39 is 0 Å². The molecule has 1 fully saturated rings. The van der Waals surface area contributed by atoms with Gasteiger partial charge in [-0.25, -0.2) is 0 Å². The topological polar surface area (TPSA) is 49.3 Å². The molecule has 1 atom stereocenters. The van der Waals surface area contributed by atoms with Gasteiger partial charge in [-0.05, 0) is 24.0 Å². The SMILES string of the molecule is CN=C(NCc1ccccn1)NC1CC1(C)C. The summed E-state index contributed by atoms with van der Waals surface area (Å²) in [5, 5.41) is 6.68. The van der Waals surface area contributed by atoms with E-state index in [2.05, 4.69) is 34.5 Å². The summed E-state index contributed by atoms with van der Waals surface area (Å²) in [5.41, 5.74) is 1.42. The zero-order valence-corrected chi connectivity index (χ0v) is 10.7. The largest absolute Gasteiger partial charge is 0.353 e. The molecule has 2 N–H and O–H groups in total. The lowest BCUT2D eigenvalue weighted by Crippen LogP contribution is -2.39. The van der Waals surface area contributed by atoms with Crippen LogP contribution in [0.1, 0.15) is 26.0 Å². The molecule has 1 unspecified atom stereocenters. The van der Waals surface area contributed by atoms with Crippen molar-refractivity contribution in [3.05, 3.63) is 30.1 Å². The minimum absolute atomic E-state index is 0.405. The minimum Gasteiger partial charge on any atom is -0.353 e. The third-order valence-electron chi connectivity index (χ3n) is 3.21. The van der Waals surface area contributed by atoms with Crippen LogP contribution in [-0.2, 0) is 6.54 Å². The average Bonchev–Trinajstić information content (AvgIpc) is 2.93. The molecule has 4 heteroatoms. The molecular formula is C13H20N4.